The first kappa shape index (κ1) is 27.4. The van der Waals surface area contributed by atoms with Crippen LogP contribution in [0, 0.1) is 5.82 Å². The molecular weight excluding hydrogens is 449 g/mol. The quantitative estimate of drug-likeness (QED) is 0.456. The predicted molar refractivity (Wildman–Crippen MR) is 135 cm³/mol. The van der Waals surface area contributed by atoms with Crippen molar-refractivity contribution in [3.63, 3.8) is 0 Å². The van der Waals surface area contributed by atoms with Crippen molar-refractivity contribution in [2.24, 2.45) is 0 Å². The minimum absolute atomic E-state index is 0.145. The van der Waals surface area contributed by atoms with Gasteiger partial charge in [0.25, 0.3) is 0 Å². The van der Waals surface area contributed by atoms with Crippen molar-refractivity contribution in [2.45, 2.75) is 96.4 Å². The van der Waals surface area contributed by atoms with Gasteiger partial charge >= 0.3 is 11.9 Å². The van der Waals surface area contributed by atoms with Gasteiger partial charge in [-0.15, -0.1) is 0 Å². The number of benzene rings is 1. The number of halogens is 1. The number of likely N-dealkylation sites (tertiary alicyclic amines) is 1. The number of hydrogen-bond acceptors (Lipinski definition) is 7. The predicted octanol–water partition coefficient (Wildman–Crippen LogP) is 4.22. The molecule has 2 fully saturated rings. The van der Waals surface area contributed by atoms with Crippen LogP contribution in [0.3, 0.4) is 0 Å². The van der Waals surface area contributed by atoms with Crippen molar-refractivity contribution in [3.8, 4) is 0 Å². The molecule has 1 aromatic rings. The van der Waals surface area contributed by atoms with Gasteiger partial charge in [0.1, 0.15) is 17.0 Å². The molecule has 2 aliphatic heterocycles. The van der Waals surface area contributed by atoms with Crippen molar-refractivity contribution in [3.05, 3.63) is 29.6 Å². The number of nitrogens with one attached hydrogen (secondary N) is 2. The molecule has 2 saturated heterocycles. The Morgan fingerprint density at radius 3 is 2.14 bits per heavy atom. The molecule has 3 rings (SSSR count). The Kier molecular flexibility index (Phi) is 8.16. The second-order valence-electron chi connectivity index (χ2n) is 12.1. The van der Waals surface area contributed by atoms with E-state index in [2.05, 4.69) is 22.5 Å². The molecule has 0 aliphatic carbocycles. The van der Waals surface area contributed by atoms with Gasteiger partial charge in [0.15, 0.2) is 5.92 Å². The number of rotatable bonds is 6. The van der Waals surface area contributed by atoms with Gasteiger partial charge in [-0.2, -0.15) is 0 Å². The van der Waals surface area contributed by atoms with Crippen LogP contribution in [-0.2, 0) is 19.1 Å². The third-order valence-electron chi connectivity index (χ3n) is 6.57. The van der Waals surface area contributed by atoms with Gasteiger partial charge in [-0.1, -0.05) is 0 Å². The first-order valence-electron chi connectivity index (χ1n) is 12.6. The Morgan fingerprint density at radius 1 is 1.09 bits per heavy atom. The van der Waals surface area contributed by atoms with Crippen LogP contribution in [0.2, 0.25) is 0 Å². The van der Waals surface area contributed by atoms with Crippen molar-refractivity contribution in [1.82, 2.24) is 10.2 Å². The van der Waals surface area contributed by atoms with E-state index in [1.54, 1.807) is 47.6 Å². The number of anilines is 1. The molecular formula is C27H42FN3O4. The number of esters is 2. The molecule has 8 heteroatoms. The summed E-state index contributed by atoms with van der Waals surface area (Å²) in [6, 6.07) is 4.32. The second-order valence-corrected chi connectivity index (χ2v) is 12.1. The normalized spacial score (nSPS) is 22.3. The molecule has 1 unspecified atom stereocenters. The van der Waals surface area contributed by atoms with Gasteiger partial charge in [-0.3, -0.25) is 14.5 Å². The van der Waals surface area contributed by atoms with Crippen LogP contribution < -0.4 is 10.6 Å². The maximum absolute atomic E-state index is 14.4. The van der Waals surface area contributed by atoms with Crippen molar-refractivity contribution < 1.29 is 23.5 Å². The number of carbonyl (C=O) groups is 2. The summed E-state index contributed by atoms with van der Waals surface area (Å²) in [4.78, 5) is 28.9. The lowest BCUT2D eigenvalue weighted by atomic mass is 9.92. The third-order valence-corrected chi connectivity index (χ3v) is 6.57. The smallest absolute Gasteiger partial charge is 0.325 e. The summed E-state index contributed by atoms with van der Waals surface area (Å²) in [6.45, 7) is 16.7. The zero-order valence-corrected chi connectivity index (χ0v) is 22.3. The van der Waals surface area contributed by atoms with Crippen LogP contribution >= 0.6 is 0 Å². The van der Waals surface area contributed by atoms with E-state index in [0.29, 0.717) is 5.69 Å². The first-order valence-corrected chi connectivity index (χ1v) is 12.6. The Balaban J connectivity index is 1.83. The van der Waals surface area contributed by atoms with Crippen molar-refractivity contribution >= 4 is 17.6 Å². The highest BCUT2D eigenvalue weighted by molar-refractivity contribution is 6.02. The van der Waals surface area contributed by atoms with Crippen LogP contribution in [0.25, 0.3) is 0 Å². The van der Waals surface area contributed by atoms with Crippen LogP contribution in [0.1, 0.15) is 79.2 Å². The van der Waals surface area contributed by atoms with Gasteiger partial charge in [0.05, 0.1) is 0 Å². The fourth-order valence-corrected chi connectivity index (χ4v) is 4.83. The number of ether oxygens (including phenoxy) is 2. The summed E-state index contributed by atoms with van der Waals surface area (Å²) in [5.74, 6) is -3.43. The van der Waals surface area contributed by atoms with Crippen molar-refractivity contribution in [2.75, 3.05) is 31.5 Å². The number of carbonyl (C=O) groups excluding carboxylic acids is 2. The summed E-state index contributed by atoms with van der Waals surface area (Å²) < 4.78 is 25.5. The molecule has 0 saturated carbocycles. The molecule has 0 radical (unpaired) electrons. The van der Waals surface area contributed by atoms with Crippen LogP contribution in [0.4, 0.5) is 10.1 Å². The molecule has 0 bridgehead atoms. The molecule has 2 N–H and O–H groups in total. The van der Waals surface area contributed by atoms with E-state index in [4.69, 9.17) is 9.47 Å². The molecule has 2 aliphatic rings. The monoisotopic (exact) mass is 491 g/mol. The average Bonchev–Trinajstić information content (AvgIpc) is 3.15. The van der Waals surface area contributed by atoms with E-state index < -0.39 is 34.9 Å². The van der Waals surface area contributed by atoms with E-state index in [0.717, 1.165) is 45.4 Å². The molecule has 196 valence electrons. The highest BCUT2D eigenvalue weighted by Gasteiger charge is 2.39. The van der Waals surface area contributed by atoms with Gasteiger partial charge in [0, 0.05) is 42.5 Å². The van der Waals surface area contributed by atoms with Gasteiger partial charge in [-0.25, -0.2) is 4.39 Å². The largest absolute Gasteiger partial charge is 0.459 e. The van der Waals surface area contributed by atoms with Crippen molar-refractivity contribution in [1.29, 1.82) is 0 Å². The van der Waals surface area contributed by atoms with Gasteiger partial charge < -0.3 is 20.1 Å². The Labute approximate surface area is 209 Å². The van der Waals surface area contributed by atoms with E-state index in [1.165, 1.54) is 12.1 Å². The summed E-state index contributed by atoms with van der Waals surface area (Å²) in [7, 11) is 0. The molecule has 0 spiro atoms. The maximum atomic E-state index is 14.4. The standard InChI is InChI=1S/C27H42FN3O4/c1-25(2,3)34-23(32)22(24(33)35-26(4,5)6)20-16-18(28)8-9-21(20)30-19-10-14-31(15-11-19)27(7)12-13-29-17-27/h8-9,16,19,22,29-30H,10-15,17H2,1-7H3. The SMILES string of the molecule is CC(C)(C)OC(=O)C(C(=O)OC(C)(C)C)c1cc(F)ccc1NC1CCN(C2(C)CCNC2)CC1. The van der Waals surface area contributed by atoms with Crippen LogP contribution in [0.5, 0.6) is 0 Å². The minimum Gasteiger partial charge on any atom is -0.459 e. The number of nitrogens with zero attached hydrogens (tertiary/aromatic N) is 1. The van der Waals surface area contributed by atoms with Crippen LogP contribution in [0.15, 0.2) is 18.2 Å². The highest BCUT2D eigenvalue weighted by Crippen LogP contribution is 2.33. The Bertz CT molecular complexity index is 880. The number of piperidine rings is 1. The Morgan fingerprint density at radius 2 is 1.66 bits per heavy atom. The highest BCUT2D eigenvalue weighted by atomic mass is 19.1. The lowest BCUT2D eigenvalue weighted by molar-refractivity contribution is -0.169. The minimum atomic E-state index is -1.39. The fourth-order valence-electron chi connectivity index (χ4n) is 4.83. The molecule has 1 atom stereocenters. The Hall–Kier alpha value is -2.19. The zero-order chi connectivity index (χ0) is 26.0. The molecule has 1 aromatic carbocycles. The van der Waals surface area contributed by atoms with E-state index in [-0.39, 0.29) is 17.1 Å². The maximum Gasteiger partial charge on any atom is 0.325 e. The second kappa shape index (κ2) is 10.4. The summed E-state index contributed by atoms with van der Waals surface area (Å²) in [5.41, 5.74) is -0.639. The van der Waals surface area contributed by atoms with Gasteiger partial charge in [0.2, 0.25) is 0 Å². The lowest BCUT2D eigenvalue weighted by Crippen LogP contribution is -2.53. The molecule has 2 heterocycles. The first-order chi connectivity index (χ1) is 16.2. The summed E-state index contributed by atoms with van der Waals surface area (Å²) >= 11 is 0. The molecule has 0 aromatic heterocycles. The summed E-state index contributed by atoms with van der Waals surface area (Å²) in [6.07, 6.45) is 2.96. The number of hydrogen-bond donors (Lipinski definition) is 2. The van der Waals surface area contributed by atoms with Crippen LogP contribution in [-0.4, -0.2) is 65.8 Å². The summed E-state index contributed by atoms with van der Waals surface area (Å²) in [5, 5.41) is 6.95. The van der Waals surface area contributed by atoms with E-state index in [9.17, 15) is 14.0 Å². The molecule has 35 heavy (non-hydrogen) atoms. The molecule has 7 nitrogen and oxygen atoms in total. The lowest BCUT2D eigenvalue weighted by Gasteiger charge is -2.43. The fraction of sp³-hybridized carbons (Fsp3) is 0.704. The topological polar surface area (TPSA) is 79.9 Å². The zero-order valence-electron chi connectivity index (χ0n) is 22.3. The van der Waals surface area contributed by atoms with E-state index >= 15 is 0 Å². The van der Waals surface area contributed by atoms with E-state index in [1.807, 2.05) is 0 Å². The molecule has 0 amide bonds. The average molecular weight is 492 g/mol. The third kappa shape index (κ3) is 7.40. The van der Waals surface area contributed by atoms with Gasteiger partial charge in [-0.05, 0) is 92.5 Å².